The average molecular weight is 525 g/mol. The fourth-order valence-corrected chi connectivity index (χ4v) is 4.85. The maximum Gasteiger partial charge on any atom is 0.450 e. The molecule has 2 heterocycles. The van der Waals surface area contributed by atoms with Gasteiger partial charge in [0.2, 0.25) is 11.2 Å². The van der Waals surface area contributed by atoms with Crippen molar-refractivity contribution in [3.05, 3.63) is 93.8 Å². The Hall–Kier alpha value is -3.82. The van der Waals surface area contributed by atoms with E-state index in [4.69, 9.17) is 9.15 Å². The van der Waals surface area contributed by atoms with Crippen molar-refractivity contribution in [2.24, 2.45) is 0 Å². The molecule has 1 aromatic heterocycles. The van der Waals surface area contributed by atoms with E-state index in [9.17, 15) is 23.1 Å². The minimum atomic E-state index is -4.92. The van der Waals surface area contributed by atoms with Crippen LogP contribution in [-0.2, 0) is 19.3 Å². The van der Waals surface area contributed by atoms with Crippen LogP contribution in [0.4, 0.5) is 13.2 Å². The Morgan fingerprint density at radius 1 is 0.895 bits per heavy atom. The van der Waals surface area contributed by atoms with Crippen LogP contribution in [0.3, 0.4) is 0 Å². The molecule has 0 atom stereocenters. The average Bonchev–Trinajstić information content (AvgIpc) is 2.91. The van der Waals surface area contributed by atoms with Crippen molar-refractivity contribution in [2.45, 2.75) is 19.3 Å². The lowest BCUT2D eigenvalue weighted by molar-refractivity contribution is -0.152. The minimum absolute atomic E-state index is 0.0145. The number of phenolic OH excluding ortho intramolecular Hbond substituents is 1. The Morgan fingerprint density at radius 2 is 1.53 bits per heavy atom. The summed E-state index contributed by atoms with van der Waals surface area (Å²) in [5, 5.41) is 10.6. The second-order valence-corrected chi connectivity index (χ2v) is 9.34. The molecule has 4 aromatic rings. The van der Waals surface area contributed by atoms with Crippen molar-refractivity contribution < 1.29 is 27.4 Å². The van der Waals surface area contributed by atoms with E-state index < -0.39 is 22.9 Å². The molecule has 198 valence electrons. The van der Waals surface area contributed by atoms with E-state index >= 15 is 0 Å². The maximum absolute atomic E-state index is 14.2. The molecule has 9 heteroatoms. The number of aromatic hydroxyl groups is 1. The molecule has 0 bridgehead atoms. The highest BCUT2D eigenvalue weighted by molar-refractivity contribution is 5.87. The van der Waals surface area contributed by atoms with Crippen molar-refractivity contribution in [3.8, 4) is 22.6 Å². The van der Waals surface area contributed by atoms with Crippen LogP contribution in [0.15, 0.2) is 75.9 Å². The first-order valence-corrected chi connectivity index (χ1v) is 12.3. The third kappa shape index (κ3) is 5.25. The number of phenols is 1. The number of ether oxygens (including phenoxy) is 1. The number of halogens is 3. The molecule has 0 saturated carbocycles. The lowest BCUT2D eigenvalue weighted by atomic mass is 10.00. The number of benzene rings is 3. The molecule has 6 nitrogen and oxygen atoms in total. The Bertz CT molecular complexity index is 1480. The predicted octanol–water partition coefficient (Wildman–Crippen LogP) is 5.51. The molecule has 38 heavy (non-hydrogen) atoms. The van der Waals surface area contributed by atoms with Crippen LogP contribution in [0.2, 0.25) is 0 Å². The molecule has 1 fully saturated rings. The lowest BCUT2D eigenvalue weighted by Gasteiger charge is -2.34. The Morgan fingerprint density at radius 3 is 2.13 bits per heavy atom. The van der Waals surface area contributed by atoms with Crippen LogP contribution in [0.25, 0.3) is 22.1 Å². The third-order valence-electron chi connectivity index (χ3n) is 6.87. The van der Waals surface area contributed by atoms with Crippen molar-refractivity contribution in [1.29, 1.82) is 0 Å². The van der Waals surface area contributed by atoms with Gasteiger partial charge in [0.1, 0.15) is 17.1 Å². The summed E-state index contributed by atoms with van der Waals surface area (Å²) in [6, 6.07) is 18.5. The Balaban J connectivity index is 1.47. The van der Waals surface area contributed by atoms with E-state index in [1.54, 1.807) is 0 Å². The first-order valence-electron chi connectivity index (χ1n) is 12.3. The number of nitrogens with zero attached hydrogens (tertiary/aromatic N) is 2. The standard InChI is InChI=1S/C29H27F3N2O4/c1-37-21-9-7-20(8-10-21)25-26(36)22-11-12-24(35)23(27(22)38-28(25)29(30,31)32)18-34-15-13-33(14-16-34)17-19-5-3-2-4-6-19/h2-12,35H,13-18H2,1H3. The van der Waals surface area contributed by atoms with E-state index in [0.717, 1.165) is 19.6 Å². The highest BCUT2D eigenvalue weighted by Crippen LogP contribution is 2.39. The molecule has 1 aliphatic heterocycles. The fraction of sp³-hybridized carbons (Fsp3) is 0.276. The first kappa shape index (κ1) is 25.8. The van der Waals surface area contributed by atoms with Gasteiger partial charge < -0.3 is 14.3 Å². The highest BCUT2D eigenvalue weighted by Gasteiger charge is 2.40. The minimum Gasteiger partial charge on any atom is -0.507 e. The van der Waals surface area contributed by atoms with Gasteiger partial charge in [-0.2, -0.15) is 13.2 Å². The third-order valence-corrected chi connectivity index (χ3v) is 6.87. The Labute approximate surface area is 217 Å². The van der Waals surface area contributed by atoms with E-state index in [-0.39, 0.29) is 34.4 Å². The quantitative estimate of drug-likeness (QED) is 0.359. The van der Waals surface area contributed by atoms with Crippen LogP contribution in [-0.4, -0.2) is 48.2 Å². The highest BCUT2D eigenvalue weighted by atomic mass is 19.4. The van der Waals surface area contributed by atoms with Gasteiger partial charge in [-0.05, 0) is 35.4 Å². The summed E-state index contributed by atoms with van der Waals surface area (Å²) in [6.07, 6.45) is -4.92. The second-order valence-electron chi connectivity index (χ2n) is 9.34. The Kier molecular flexibility index (Phi) is 7.14. The molecule has 1 aliphatic rings. The zero-order valence-corrected chi connectivity index (χ0v) is 20.8. The zero-order chi connectivity index (χ0) is 26.9. The number of hydrogen-bond acceptors (Lipinski definition) is 6. The molecular formula is C29H27F3N2O4. The molecule has 1 saturated heterocycles. The molecule has 5 rings (SSSR count). The topological polar surface area (TPSA) is 66.2 Å². The van der Waals surface area contributed by atoms with Gasteiger partial charge in [0.15, 0.2) is 0 Å². The summed E-state index contributed by atoms with van der Waals surface area (Å²) in [4.78, 5) is 17.8. The van der Waals surface area contributed by atoms with Crippen LogP contribution >= 0.6 is 0 Å². The largest absolute Gasteiger partial charge is 0.507 e. The summed E-state index contributed by atoms with van der Waals surface area (Å²) in [7, 11) is 1.44. The number of methoxy groups -OCH3 is 1. The monoisotopic (exact) mass is 524 g/mol. The van der Waals surface area contributed by atoms with Crippen LogP contribution < -0.4 is 10.2 Å². The summed E-state index contributed by atoms with van der Waals surface area (Å²) < 4.78 is 53.0. The van der Waals surface area contributed by atoms with Crippen molar-refractivity contribution in [3.63, 3.8) is 0 Å². The van der Waals surface area contributed by atoms with Gasteiger partial charge in [-0.25, -0.2) is 0 Å². The van der Waals surface area contributed by atoms with Gasteiger partial charge in [0.05, 0.1) is 23.6 Å². The van der Waals surface area contributed by atoms with E-state index in [2.05, 4.69) is 17.0 Å². The smallest absolute Gasteiger partial charge is 0.450 e. The fourth-order valence-electron chi connectivity index (χ4n) is 4.85. The number of alkyl halides is 3. The number of piperazine rings is 1. The molecule has 0 unspecified atom stereocenters. The van der Waals surface area contributed by atoms with Gasteiger partial charge in [0.25, 0.3) is 0 Å². The van der Waals surface area contributed by atoms with Gasteiger partial charge in [-0.3, -0.25) is 14.6 Å². The van der Waals surface area contributed by atoms with Gasteiger partial charge in [0, 0.05) is 39.3 Å². The molecule has 3 aromatic carbocycles. The van der Waals surface area contributed by atoms with Crippen molar-refractivity contribution in [2.75, 3.05) is 33.3 Å². The van der Waals surface area contributed by atoms with Crippen molar-refractivity contribution >= 4 is 11.0 Å². The molecule has 0 spiro atoms. The van der Waals surface area contributed by atoms with E-state index in [1.807, 2.05) is 23.1 Å². The summed E-state index contributed by atoms with van der Waals surface area (Å²) in [5.74, 6) is -1.15. The number of hydrogen-bond donors (Lipinski definition) is 1. The number of rotatable bonds is 6. The SMILES string of the molecule is COc1ccc(-c2c(C(F)(F)F)oc3c(CN4CCN(Cc5ccccc5)CC4)c(O)ccc3c2=O)cc1. The molecule has 0 radical (unpaired) electrons. The molecule has 1 N–H and O–H groups in total. The van der Waals surface area contributed by atoms with Gasteiger partial charge in [-0.15, -0.1) is 0 Å². The van der Waals surface area contributed by atoms with Crippen LogP contribution in [0, 0.1) is 0 Å². The van der Waals surface area contributed by atoms with E-state index in [1.165, 1.54) is 49.1 Å². The summed E-state index contributed by atoms with van der Waals surface area (Å²) >= 11 is 0. The zero-order valence-electron chi connectivity index (χ0n) is 20.8. The second kappa shape index (κ2) is 10.5. The molecule has 0 amide bonds. The normalized spacial score (nSPS) is 15.2. The molecular weight excluding hydrogens is 497 g/mol. The van der Waals surface area contributed by atoms with Crippen molar-refractivity contribution in [1.82, 2.24) is 9.80 Å². The molecule has 0 aliphatic carbocycles. The summed E-state index contributed by atoms with van der Waals surface area (Å²) in [6.45, 7) is 3.81. The maximum atomic E-state index is 14.2. The predicted molar refractivity (Wildman–Crippen MR) is 138 cm³/mol. The summed E-state index contributed by atoms with van der Waals surface area (Å²) in [5.41, 5.74) is -0.176. The number of fused-ring (bicyclic) bond motifs is 1. The van der Waals surface area contributed by atoms with Crippen LogP contribution in [0.1, 0.15) is 16.9 Å². The first-order chi connectivity index (χ1) is 18.2. The van der Waals surface area contributed by atoms with Gasteiger partial charge in [-0.1, -0.05) is 42.5 Å². The van der Waals surface area contributed by atoms with Crippen LogP contribution in [0.5, 0.6) is 11.5 Å². The van der Waals surface area contributed by atoms with E-state index in [0.29, 0.717) is 18.8 Å². The van der Waals surface area contributed by atoms with Gasteiger partial charge >= 0.3 is 6.18 Å². The lowest BCUT2D eigenvalue weighted by Crippen LogP contribution is -2.45.